The van der Waals surface area contributed by atoms with E-state index in [0.29, 0.717) is 11.1 Å². The monoisotopic (exact) mass is 497 g/mol. The van der Waals surface area contributed by atoms with Gasteiger partial charge in [0, 0.05) is 33.7 Å². The number of hydrogen-bond donors (Lipinski definition) is 1. The number of primary sulfonamides is 1. The molecule has 1 aliphatic rings. The number of hydrogen-bond acceptors (Lipinski definition) is 6. The van der Waals surface area contributed by atoms with E-state index in [2.05, 4.69) is 0 Å². The van der Waals surface area contributed by atoms with Gasteiger partial charge in [-0.25, -0.2) is 13.6 Å². The van der Waals surface area contributed by atoms with Crippen molar-refractivity contribution in [2.24, 2.45) is 5.14 Å². The summed E-state index contributed by atoms with van der Waals surface area (Å²) in [5.41, 5.74) is 3.39. The maximum Gasteiger partial charge on any atom is 0.238 e. The van der Waals surface area contributed by atoms with Crippen molar-refractivity contribution in [2.45, 2.75) is 50.3 Å². The van der Waals surface area contributed by atoms with Gasteiger partial charge in [0.2, 0.25) is 10.0 Å². The molecule has 4 rings (SSSR count). The third-order valence-corrected chi connectivity index (χ3v) is 8.53. The van der Waals surface area contributed by atoms with Gasteiger partial charge in [0.1, 0.15) is 5.75 Å². The van der Waals surface area contributed by atoms with E-state index in [1.165, 1.54) is 22.3 Å². The molecule has 6 nitrogen and oxygen atoms in total. The molecule has 2 N–H and O–H groups in total. The fourth-order valence-electron chi connectivity index (χ4n) is 4.42. The maximum atomic E-state index is 13.4. The molecule has 0 spiro atoms. The fourth-order valence-corrected chi connectivity index (χ4v) is 6.64. The number of carbonyl (C=O) groups is 2. The summed E-state index contributed by atoms with van der Waals surface area (Å²) in [5.74, 6) is 0.496. The van der Waals surface area contributed by atoms with Gasteiger partial charge in [-0.05, 0) is 67.5 Å². The lowest BCUT2D eigenvalue weighted by molar-refractivity contribution is 0.0989. The zero-order valence-corrected chi connectivity index (χ0v) is 20.9. The van der Waals surface area contributed by atoms with Crippen molar-refractivity contribution in [3.8, 4) is 5.75 Å². The summed E-state index contributed by atoms with van der Waals surface area (Å²) in [7, 11) is -2.34. The largest absolute Gasteiger partial charge is 0.497 e. The van der Waals surface area contributed by atoms with Gasteiger partial charge in [-0.1, -0.05) is 24.3 Å². The average Bonchev–Trinajstić information content (AvgIpc) is 3.17. The second kappa shape index (κ2) is 9.82. The number of benzene rings is 2. The second-order valence-corrected chi connectivity index (χ2v) is 11.3. The van der Waals surface area contributed by atoms with Crippen LogP contribution in [0.3, 0.4) is 0 Å². The molecule has 34 heavy (non-hydrogen) atoms. The summed E-state index contributed by atoms with van der Waals surface area (Å²) < 4.78 is 29.0. The van der Waals surface area contributed by atoms with Crippen molar-refractivity contribution < 1.29 is 22.7 Å². The lowest BCUT2D eigenvalue weighted by Gasteiger charge is -2.13. The van der Waals surface area contributed by atoms with Crippen LogP contribution < -0.4 is 9.88 Å². The van der Waals surface area contributed by atoms with E-state index < -0.39 is 10.0 Å². The number of carbonyl (C=O) groups excluding carboxylic acids is 2. The Bertz CT molecular complexity index is 1350. The van der Waals surface area contributed by atoms with Crippen LogP contribution in [-0.2, 0) is 35.7 Å². The first-order chi connectivity index (χ1) is 16.2. The van der Waals surface area contributed by atoms with Crippen molar-refractivity contribution in [2.75, 3.05) is 7.11 Å². The van der Waals surface area contributed by atoms with E-state index in [0.717, 1.165) is 47.4 Å². The topological polar surface area (TPSA) is 104 Å². The van der Waals surface area contributed by atoms with E-state index in [9.17, 15) is 18.0 Å². The van der Waals surface area contributed by atoms with Crippen LogP contribution in [0.15, 0.2) is 47.4 Å². The Labute approximate surface area is 203 Å². The minimum Gasteiger partial charge on any atom is -0.497 e. The molecule has 0 saturated heterocycles. The minimum absolute atomic E-state index is 0.00139. The van der Waals surface area contributed by atoms with Crippen molar-refractivity contribution in [1.82, 2.24) is 0 Å². The van der Waals surface area contributed by atoms with Crippen LogP contribution in [0.1, 0.15) is 60.0 Å². The molecule has 0 radical (unpaired) electrons. The smallest absolute Gasteiger partial charge is 0.238 e. The highest BCUT2D eigenvalue weighted by atomic mass is 32.2. The Morgan fingerprint density at radius 1 is 1.00 bits per heavy atom. The molecular formula is C26H27NO5S2. The predicted octanol–water partition coefficient (Wildman–Crippen LogP) is 4.44. The molecule has 178 valence electrons. The highest BCUT2D eigenvalue weighted by molar-refractivity contribution is 7.89. The summed E-state index contributed by atoms with van der Waals surface area (Å²) in [4.78, 5) is 28.5. The Morgan fingerprint density at radius 2 is 1.71 bits per heavy atom. The number of ether oxygens (including phenoxy) is 1. The molecule has 2 aromatic carbocycles. The molecule has 0 saturated carbocycles. The Morgan fingerprint density at radius 3 is 2.38 bits per heavy atom. The standard InChI is InChI=1S/C26H27NO5S2/c1-16-7-10-18(14-25(16)34(27,30)31)21(28)15-24-26(20-5-3-4-6-23(20)33-24)22(29)13-17-8-11-19(32-2)12-9-17/h7-12,14H,3-6,13,15H2,1-2H3,(H2,27,30,31). The molecule has 1 heterocycles. The van der Waals surface area contributed by atoms with Crippen LogP contribution >= 0.6 is 11.3 Å². The zero-order chi connectivity index (χ0) is 24.5. The highest BCUT2D eigenvalue weighted by Crippen LogP contribution is 2.36. The number of nitrogens with two attached hydrogens (primary N) is 1. The normalized spacial score (nSPS) is 13.4. The Hall–Kier alpha value is -2.81. The number of fused-ring (bicyclic) bond motifs is 1. The molecule has 1 aliphatic carbocycles. The second-order valence-electron chi connectivity index (χ2n) is 8.58. The fraction of sp³-hybridized carbons (Fsp3) is 0.308. The number of sulfonamides is 1. The third kappa shape index (κ3) is 5.14. The van der Waals surface area contributed by atoms with Crippen LogP contribution in [0.2, 0.25) is 0 Å². The molecule has 0 atom stereocenters. The zero-order valence-electron chi connectivity index (χ0n) is 19.2. The summed E-state index contributed by atoms with van der Waals surface area (Å²) in [6.07, 6.45) is 4.14. The van der Waals surface area contributed by atoms with Gasteiger partial charge in [0.15, 0.2) is 11.6 Å². The predicted molar refractivity (Wildman–Crippen MR) is 133 cm³/mol. The molecule has 1 aromatic heterocycles. The quantitative estimate of drug-likeness (QED) is 0.463. The first-order valence-electron chi connectivity index (χ1n) is 11.1. The van der Waals surface area contributed by atoms with E-state index in [1.807, 2.05) is 24.3 Å². The average molecular weight is 498 g/mol. The van der Waals surface area contributed by atoms with Crippen molar-refractivity contribution >= 4 is 32.9 Å². The molecule has 0 fully saturated rings. The van der Waals surface area contributed by atoms with Gasteiger partial charge in [0.05, 0.1) is 12.0 Å². The van der Waals surface area contributed by atoms with Gasteiger partial charge < -0.3 is 4.74 Å². The number of methoxy groups -OCH3 is 1. The number of Topliss-reactive ketones (excluding diaryl/α,β-unsaturated/α-hetero) is 2. The van der Waals surface area contributed by atoms with Gasteiger partial charge in [-0.3, -0.25) is 9.59 Å². The lowest BCUT2D eigenvalue weighted by Crippen LogP contribution is -2.15. The number of ketones is 2. The van der Waals surface area contributed by atoms with Crippen LogP contribution in [-0.4, -0.2) is 27.1 Å². The van der Waals surface area contributed by atoms with Crippen molar-refractivity contribution in [3.05, 3.63) is 80.0 Å². The number of aryl methyl sites for hydroxylation is 2. The first-order valence-corrected chi connectivity index (χ1v) is 13.5. The highest BCUT2D eigenvalue weighted by Gasteiger charge is 2.27. The SMILES string of the molecule is COc1ccc(CC(=O)c2c(CC(=O)c3ccc(C)c(S(N)(=O)=O)c3)sc3c2CCCC3)cc1. The summed E-state index contributed by atoms with van der Waals surface area (Å²) in [5, 5.41) is 5.31. The minimum atomic E-state index is -3.94. The van der Waals surface area contributed by atoms with E-state index >= 15 is 0 Å². The molecule has 3 aromatic rings. The van der Waals surface area contributed by atoms with E-state index in [1.54, 1.807) is 26.2 Å². The van der Waals surface area contributed by atoms with E-state index in [-0.39, 0.29) is 34.9 Å². The number of rotatable bonds is 8. The van der Waals surface area contributed by atoms with Crippen molar-refractivity contribution in [3.63, 3.8) is 0 Å². The van der Waals surface area contributed by atoms with Crippen molar-refractivity contribution in [1.29, 1.82) is 0 Å². The van der Waals surface area contributed by atoms with Crippen LogP contribution in [0.4, 0.5) is 0 Å². The molecule has 8 heteroatoms. The lowest BCUT2D eigenvalue weighted by atomic mass is 9.90. The van der Waals surface area contributed by atoms with Gasteiger partial charge in [0.25, 0.3) is 0 Å². The summed E-state index contributed by atoms with van der Waals surface area (Å²) >= 11 is 1.54. The maximum absolute atomic E-state index is 13.4. The molecule has 0 unspecified atom stereocenters. The molecule has 0 aliphatic heterocycles. The molecule has 0 amide bonds. The Kier molecular flexibility index (Phi) is 7.02. The Balaban J connectivity index is 1.65. The summed E-state index contributed by atoms with van der Waals surface area (Å²) in [6, 6.07) is 11.9. The summed E-state index contributed by atoms with van der Waals surface area (Å²) in [6.45, 7) is 1.64. The van der Waals surface area contributed by atoms with Gasteiger partial charge >= 0.3 is 0 Å². The molecule has 0 bridgehead atoms. The van der Waals surface area contributed by atoms with Gasteiger partial charge in [-0.2, -0.15) is 0 Å². The first kappa shape index (κ1) is 24.3. The van der Waals surface area contributed by atoms with Crippen LogP contribution in [0.5, 0.6) is 5.75 Å². The third-order valence-electron chi connectivity index (χ3n) is 6.18. The van der Waals surface area contributed by atoms with E-state index in [4.69, 9.17) is 9.88 Å². The molecular weight excluding hydrogens is 470 g/mol. The number of thiophene rings is 1. The van der Waals surface area contributed by atoms with Gasteiger partial charge in [-0.15, -0.1) is 11.3 Å². The van der Waals surface area contributed by atoms with Crippen LogP contribution in [0.25, 0.3) is 0 Å². The van der Waals surface area contributed by atoms with Crippen LogP contribution in [0, 0.1) is 6.92 Å².